The van der Waals surface area contributed by atoms with Crippen LogP contribution in [0.2, 0.25) is 0 Å². The van der Waals surface area contributed by atoms with Gasteiger partial charge in [0.2, 0.25) is 0 Å². The molecule has 0 spiro atoms. The highest BCUT2D eigenvalue weighted by Gasteiger charge is 2.02. The maximum absolute atomic E-state index is 11.5. The van der Waals surface area contributed by atoms with E-state index in [4.69, 9.17) is 9.84 Å². The van der Waals surface area contributed by atoms with Crippen molar-refractivity contribution in [1.82, 2.24) is 5.32 Å². The number of hydrogen-bond acceptors (Lipinski definition) is 5. The molecule has 0 saturated carbocycles. The van der Waals surface area contributed by atoms with Gasteiger partial charge in [0.15, 0.2) is 0 Å². The van der Waals surface area contributed by atoms with Crippen LogP contribution in [-0.4, -0.2) is 42.3 Å². The molecule has 0 aliphatic carbocycles. The standard InChI is InChI=1S/C16H31NO4S2/c1-22-23-14-10-6-4-2-3-5-7-11-15(18)21-13-9-8-12-17-16(19)20/h17H,2-14H2,1H3,(H,19,20). The molecule has 0 fully saturated rings. The van der Waals surface area contributed by atoms with Gasteiger partial charge in [-0.1, -0.05) is 53.7 Å². The molecule has 0 unspecified atom stereocenters. The van der Waals surface area contributed by atoms with Crippen LogP contribution in [0, 0.1) is 0 Å². The van der Waals surface area contributed by atoms with E-state index in [0.717, 1.165) is 12.8 Å². The predicted octanol–water partition coefficient (Wildman–Crippen LogP) is 4.71. The molecule has 0 radical (unpaired) electrons. The molecule has 0 aromatic carbocycles. The molecule has 0 aliphatic heterocycles. The number of rotatable bonds is 16. The van der Waals surface area contributed by atoms with Gasteiger partial charge in [0.05, 0.1) is 6.61 Å². The maximum atomic E-state index is 11.5. The fraction of sp³-hybridized carbons (Fsp3) is 0.875. The summed E-state index contributed by atoms with van der Waals surface area (Å²) >= 11 is 0. The fourth-order valence-corrected chi connectivity index (χ4v) is 3.42. The molecule has 0 bridgehead atoms. The Bertz CT molecular complexity index is 304. The maximum Gasteiger partial charge on any atom is 0.404 e. The first-order valence-electron chi connectivity index (χ1n) is 8.45. The molecule has 0 aromatic heterocycles. The van der Waals surface area contributed by atoms with Crippen molar-refractivity contribution in [1.29, 1.82) is 0 Å². The van der Waals surface area contributed by atoms with E-state index in [9.17, 15) is 9.59 Å². The number of nitrogens with one attached hydrogen (secondary N) is 1. The summed E-state index contributed by atoms with van der Waals surface area (Å²) in [6.45, 7) is 0.789. The molecule has 7 heteroatoms. The highest BCUT2D eigenvalue weighted by atomic mass is 33.1. The minimum atomic E-state index is -1.01. The van der Waals surface area contributed by atoms with Crippen LogP contribution in [0.4, 0.5) is 4.79 Å². The largest absolute Gasteiger partial charge is 0.466 e. The number of carboxylic acid groups (broad SMARTS) is 1. The van der Waals surface area contributed by atoms with Crippen molar-refractivity contribution < 1.29 is 19.4 Å². The Morgan fingerprint density at radius 1 is 0.957 bits per heavy atom. The molecule has 0 heterocycles. The van der Waals surface area contributed by atoms with E-state index in [1.54, 1.807) is 0 Å². The van der Waals surface area contributed by atoms with E-state index in [1.165, 1.54) is 37.9 Å². The number of carbonyl (C=O) groups is 2. The minimum Gasteiger partial charge on any atom is -0.466 e. The minimum absolute atomic E-state index is 0.134. The van der Waals surface area contributed by atoms with Crippen molar-refractivity contribution in [3.8, 4) is 0 Å². The van der Waals surface area contributed by atoms with Crippen LogP contribution >= 0.6 is 21.6 Å². The smallest absolute Gasteiger partial charge is 0.404 e. The lowest BCUT2D eigenvalue weighted by molar-refractivity contribution is -0.143. The summed E-state index contributed by atoms with van der Waals surface area (Å²) < 4.78 is 5.11. The first-order chi connectivity index (χ1) is 11.2. The number of hydrogen-bond donors (Lipinski definition) is 2. The number of amides is 1. The number of carbonyl (C=O) groups excluding carboxylic acids is 1. The highest BCUT2D eigenvalue weighted by Crippen LogP contribution is 2.19. The third kappa shape index (κ3) is 19.4. The molecule has 0 rings (SSSR count). The van der Waals surface area contributed by atoms with Crippen LogP contribution in [0.15, 0.2) is 0 Å². The molecular weight excluding hydrogens is 334 g/mol. The molecule has 0 aromatic rings. The number of unbranched alkanes of at least 4 members (excludes halogenated alkanes) is 7. The molecule has 0 aliphatic rings. The zero-order valence-corrected chi connectivity index (χ0v) is 15.8. The number of ether oxygens (including phenoxy) is 1. The van der Waals surface area contributed by atoms with Gasteiger partial charge in [0.25, 0.3) is 0 Å². The summed E-state index contributed by atoms with van der Waals surface area (Å²) in [6.07, 6.45) is 11.4. The molecule has 2 N–H and O–H groups in total. The highest BCUT2D eigenvalue weighted by molar-refractivity contribution is 8.76. The first-order valence-corrected chi connectivity index (χ1v) is 11.2. The molecule has 1 amide bonds. The van der Waals surface area contributed by atoms with Crippen LogP contribution in [0.5, 0.6) is 0 Å². The Hall–Kier alpha value is -0.560. The van der Waals surface area contributed by atoms with Gasteiger partial charge in [0.1, 0.15) is 0 Å². The SMILES string of the molecule is CSSCCCCCCCCCC(=O)OCCCCNC(=O)O. The molecule has 0 atom stereocenters. The molecule has 0 saturated heterocycles. The van der Waals surface area contributed by atoms with E-state index in [-0.39, 0.29) is 5.97 Å². The summed E-state index contributed by atoms with van der Waals surface area (Å²) in [6, 6.07) is 0. The van der Waals surface area contributed by atoms with Gasteiger partial charge in [-0.05, 0) is 31.9 Å². The van der Waals surface area contributed by atoms with Crippen molar-refractivity contribution in [2.45, 2.75) is 64.2 Å². The van der Waals surface area contributed by atoms with Crippen molar-refractivity contribution in [2.75, 3.05) is 25.2 Å². The van der Waals surface area contributed by atoms with E-state index >= 15 is 0 Å². The van der Waals surface area contributed by atoms with Crippen molar-refractivity contribution in [3.63, 3.8) is 0 Å². The van der Waals surface area contributed by atoms with Crippen molar-refractivity contribution >= 4 is 33.7 Å². The lowest BCUT2D eigenvalue weighted by Crippen LogP contribution is -2.22. The predicted molar refractivity (Wildman–Crippen MR) is 99.1 cm³/mol. The summed E-state index contributed by atoms with van der Waals surface area (Å²) in [4.78, 5) is 21.7. The van der Waals surface area contributed by atoms with Gasteiger partial charge < -0.3 is 15.2 Å². The average molecular weight is 366 g/mol. The monoisotopic (exact) mass is 365 g/mol. The fourth-order valence-electron chi connectivity index (χ4n) is 2.08. The Morgan fingerprint density at radius 3 is 2.26 bits per heavy atom. The second kappa shape index (κ2) is 17.8. The van der Waals surface area contributed by atoms with E-state index in [2.05, 4.69) is 11.6 Å². The summed E-state index contributed by atoms with van der Waals surface area (Å²) in [7, 11) is 3.77. The van der Waals surface area contributed by atoms with E-state index in [0.29, 0.717) is 32.4 Å². The Labute approximate surface area is 148 Å². The van der Waals surface area contributed by atoms with Gasteiger partial charge >= 0.3 is 12.1 Å². The van der Waals surface area contributed by atoms with Gasteiger partial charge in [-0.2, -0.15) is 0 Å². The third-order valence-corrected chi connectivity index (χ3v) is 5.23. The Morgan fingerprint density at radius 2 is 1.61 bits per heavy atom. The summed E-state index contributed by atoms with van der Waals surface area (Å²) in [5.74, 6) is 1.12. The zero-order chi connectivity index (χ0) is 17.2. The quantitative estimate of drug-likeness (QED) is 0.234. The summed E-state index contributed by atoms with van der Waals surface area (Å²) in [5, 5.41) is 10.7. The lowest BCUT2D eigenvalue weighted by Gasteiger charge is -2.05. The van der Waals surface area contributed by atoms with Gasteiger partial charge in [-0.3, -0.25) is 4.79 Å². The molecular formula is C16H31NO4S2. The van der Waals surface area contributed by atoms with Crippen LogP contribution in [0.25, 0.3) is 0 Å². The van der Waals surface area contributed by atoms with Crippen LogP contribution in [-0.2, 0) is 9.53 Å². The third-order valence-electron chi connectivity index (χ3n) is 3.34. The normalized spacial score (nSPS) is 10.5. The second-order valence-corrected chi connectivity index (χ2v) is 8.06. The Balaban J connectivity index is 3.17. The average Bonchev–Trinajstić information content (AvgIpc) is 2.52. The van der Waals surface area contributed by atoms with Gasteiger partial charge in [-0.25, -0.2) is 4.79 Å². The second-order valence-electron chi connectivity index (χ2n) is 5.37. The topological polar surface area (TPSA) is 75.6 Å². The van der Waals surface area contributed by atoms with Crippen molar-refractivity contribution in [3.05, 3.63) is 0 Å². The molecule has 23 heavy (non-hydrogen) atoms. The molecule has 5 nitrogen and oxygen atoms in total. The molecule has 136 valence electrons. The van der Waals surface area contributed by atoms with Crippen LogP contribution < -0.4 is 5.32 Å². The van der Waals surface area contributed by atoms with Crippen LogP contribution in [0.1, 0.15) is 64.2 Å². The number of esters is 1. The van der Waals surface area contributed by atoms with Gasteiger partial charge in [0, 0.05) is 18.7 Å². The van der Waals surface area contributed by atoms with Gasteiger partial charge in [-0.15, -0.1) is 0 Å². The lowest BCUT2D eigenvalue weighted by atomic mass is 10.1. The first kappa shape index (κ1) is 22.4. The van der Waals surface area contributed by atoms with Crippen LogP contribution in [0.3, 0.4) is 0 Å². The summed E-state index contributed by atoms with van der Waals surface area (Å²) in [5.41, 5.74) is 0. The Kier molecular flexibility index (Phi) is 17.4. The zero-order valence-electron chi connectivity index (χ0n) is 14.2. The van der Waals surface area contributed by atoms with Crippen molar-refractivity contribution in [2.24, 2.45) is 0 Å². The van der Waals surface area contributed by atoms with E-state index in [1.807, 2.05) is 21.6 Å². The van der Waals surface area contributed by atoms with E-state index < -0.39 is 6.09 Å².